The van der Waals surface area contributed by atoms with E-state index in [2.05, 4.69) is 24.3 Å². The number of amides is 1. The van der Waals surface area contributed by atoms with Gasteiger partial charge in [0.2, 0.25) is 5.91 Å². The quantitative estimate of drug-likeness (QED) is 0.682. The molecule has 4 rings (SSSR count). The van der Waals surface area contributed by atoms with Crippen LogP contribution in [0.2, 0.25) is 0 Å². The maximum Gasteiger partial charge on any atom is 0.227 e. The van der Waals surface area contributed by atoms with Crippen LogP contribution in [0.3, 0.4) is 0 Å². The van der Waals surface area contributed by atoms with Gasteiger partial charge in [0.1, 0.15) is 5.82 Å². The third-order valence-corrected chi connectivity index (χ3v) is 5.05. The SMILES string of the molecule is O=C(Cc1ccccc1F)N1Cc2ccccc2C(c2ccccc2)C1. The lowest BCUT2D eigenvalue weighted by Crippen LogP contribution is -2.39. The lowest BCUT2D eigenvalue weighted by molar-refractivity contribution is -0.131. The van der Waals surface area contributed by atoms with Gasteiger partial charge in [-0.1, -0.05) is 72.8 Å². The number of nitrogens with zero attached hydrogens (tertiary/aromatic N) is 1. The summed E-state index contributed by atoms with van der Waals surface area (Å²) >= 11 is 0. The average molecular weight is 345 g/mol. The van der Waals surface area contributed by atoms with E-state index in [0.717, 1.165) is 5.56 Å². The first-order valence-electron chi connectivity index (χ1n) is 8.86. The molecule has 1 aliphatic rings. The van der Waals surface area contributed by atoms with Gasteiger partial charge in [-0.25, -0.2) is 4.39 Å². The third kappa shape index (κ3) is 3.25. The highest BCUT2D eigenvalue weighted by molar-refractivity contribution is 5.79. The second-order valence-corrected chi connectivity index (χ2v) is 6.70. The van der Waals surface area contributed by atoms with Gasteiger partial charge in [0.05, 0.1) is 6.42 Å². The number of halogens is 1. The fraction of sp³-hybridized carbons (Fsp3) is 0.174. The van der Waals surface area contributed by atoms with Crippen molar-refractivity contribution in [1.82, 2.24) is 4.90 Å². The Morgan fingerprint density at radius 3 is 2.42 bits per heavy atom. The zero-order valence-corrected chi connectivity index (χ0v) is 14.4. The van der Waals surface area contributed by atoms with Gasteiger partial charge in [-0.05, 0) is 28.3 Å². The Balaban J connectivity index is 1.63. The average Bonchev–Trinajstić information content (AvgIpc) is 2.69. The normalized spacial score (nSPS) is 16.2. The molecule has 2 nitrogen and oxygen atoms in total. The number of carbonyl (C=O) groups is 1. The molecule has 0 fully saturated rings. The molecule has 1 unspecified atom stereocenters. The molecular weight excluding hydrogens is 325 g/mol. The lowest BCUT2D eigenvalue weighted by Gasteiger charge is -2.35. The van der Waals surface area contributed by atoms with Crippen LogP contribution in [0.4, 0.5) is 4.39 Å². The Hall–Kier alpha value is -2.94. The summed E-state index contributed by atoms with van der Waals surface area (Å²) in [4.78, 5) is 14.7. The van der Waals surface area contributed by atoms with Gasteiger partial charge in [-0.15, -0.1) is 0 Å². The van der Waals surface area contributed by atoms with E-state index in [-0.39, 0.29) is 24.1 Å². The molecule has 3 aromatic carbocycles. The first kappa shape index (κ1) is 16.5. The van der Waals surface area contributed by atoms with Crippen molar-refractivity contribution in [3.05, 3.63) is 107 Å². The Kier molecular flexibility index (Phi) is 4.53. The predicted octanol–water partition coefficient (Wildman–Crippen LogP) is 4.54. The van der Waals surface area contributed by atoms with Gasteiger partial charge in [0.15, 0.2) is 0 Å². The molecule has 0 radical (unpaired) electrons. The Labute approximate surface area is 152 Å². The fourth-order valence-corrected chi connectivity index (χ4v) is 3.68. The summed E-state index contributed by atoms with van der Waals surface area (Å²) in [6.45, 7) is 1.20. The van der Waals surface area contributed by atoms with E-state index in [0.29, 0.717) is 18.7 Å². The monoisotopic (exact) mass is 345 g/mol. The maximum absolute atomic E-state index is 13.9. The van der Waals surface area contributed by atoms with E-state index in [1.165, 1.54) is 17.2 Å². The van der Waals surface area contributed by atoms with Gasteiger partial charge in [0.25, 0.3) is 0 Å². The summed E-state index contributed by atoms with van der Waals surface area (Å²) in [5.74, 6) is -0.214. The molecular formula is C23H20FNO. The number of benzene rings is 3. The molecule has 1 amide bonds. The van der Waals surface area contributed by atoms with E-state index in [1.54, 1.807) is 18.2 Å². The van der Waals surface area contributed by atoms with Crippen LogP contribution < -0.4 is 0 Å². The Bertz CT molecular complexity index is 922. The van der Waals surface area contributed by atoms with Crippen LogP contribution in [0.15, 0.2) is 78.9 Å². The van der Waals surface area contributed by atoms with Crippen molar-refractivity contribution >= 4 is 5.91 Å². The molecule has 0 saturated heterocycles. The van der Waals surface area contributed by atoms with Gasteiger partial charge in [0, 0.05) is 19.0 Å². The Morgan fingerprint density at radius 1 is 0.923 bits per heavy atom. The molecule has 1 atom stereocenters. The molecule has 130 valence electrons. The van der Waals surface area contributed by atoms with Gasteiger partial charge < -0.3 is 4.90 Å². The van der Waals surface area contributed by atoms with Crippen LogP contribution in [0.1, 0.15) is 28.2 Å². The molecule has 26 heavy (non-hydrogen) atoms. The van der Waals surface area contributed by atoms with Crippen molar-refractivity contribution < 1.29 is 9.18 Å². The zero-order valence-electron chi connectivity index (χ0n) is 14.4. The molecule has 1 aliphatic heterocycles. The molecule has 3 aromatic rings. The fourth-order valence-electron chi connectivity index (χ4n) is 3.68. The van der Waals surface area contributed by atoms with Crippen LogP contribution in [-0.4, -0.2) is 17.4 Å². The van der Waals surface area contributed by atoms with Crippen molar-refractivity contribution in [3.63, 3.8) is 0 Å². The standard InChI is InChI=1S/C23H20FNO/c24-22-13-7-5-10-18(22)14-23(26)25-15-19-11-4-6-12-20(19)21(16-25)17-8-2-1-3-9-17/h1-13,21H,14-16H2. The predicted molar refractivity (Wildman–Crippen MR) is 100 cm³/mol. The lowest BCUT2D eigenvalue weighted by atomic mass is 9.84. The molecule has 3 heteroatoms. The topological polar surface area (TPSA) is 20.3 Å². The second-order valence-electron chi connectivity index (χ2n) is 6.70. The highest BCUT2D eigenvalue weighted by Gasteiger charge is 2.29. The summed E-state index contributed by atoms with van der Waals surface area (Å²) in [5.41, 5.74) is 4.08. The van der Waals surface area contributed by atoms with Crippen LogP contribution >= 0.6 is 0 Å². The zero-order chi connectivity index (χ0) is 17.9. The molecule has 1 heterocycles. The van der Waals surface area contributed by atoms with E-state index >= 15 is 0 Å². The van der Waals surface area contributed by atoms with Crippen molar-refractivity contribution in [3.8, 4) is 0 Å². The third-order valence-electron chi connectivity index (χ3n) is 5.05. The van der Waals surface area contributed by atoms with Crippen LogP contribution in [0.25, 0.3) is 0 Å². The largest absolute Gasteiger partial charge is 0.337 e. The van der Waals surface area contributed by atoms with Crippen molar-refractivity contribution in [2.75, 3.05) is 6.54 Å². The highest BCUT2D eigenvalue weighted by atomic mass is 19.1. The van der Waals surface area contributed by atoms with E-state index < -0.39 is 0 Å². The molecule has 0 N–H and O–H groups in total. The molecule has 0 aromatic heterocycles. The highest BCUT2D eigenvalue weighted by Crippen LogP contribution is 2.33. The number of hydrogen-bond donors (Lipinski definition) is 0. The van der Waals surface area contributed by atoms with Crippen molar-refractivity contribution in [2.24, 2.45) is 0 Å². The second kappa shape index (κ2) is 7.12. The maximum atomic E-state index is 13.9. The number of fused-ring (bicyclic) bond motifs is 1. The first-order valence-corrected chi connectivity index (χ1v) is 8.86. The smallest absolute Gasteiger partial charge is 0.227 e. The summed E-state index contributed by atoms with van der Waals surface area (Å²) in [7, 11) is 0. The van der Waals surface area contributed by atoms with E-state index in [1.807, 2.05) is 35.2 Å². The minimum atomic E-state index is -0.321. The summed E-state index contributed by atoms with van der Waals surface area (Å²) < 4.78 is 13.9. The minimum absolute atomic E-state index is 0.0365. The molecule has 0 spiro atoms. The molecule has 0 bridgehead atoms. The van der Waals surface area contributed by atoms with Crippen molar-refractivity contribution in [2.45, 2.75) is 18.9 Å². The first-order chi connectivity index (χ1) is 12.7. The van der Waals surface area contributed by atoms with Crippen LogP contribution in [0, 0.1) is 5.82 Å². The van der Waals surface area contributed by atoms with Crippen LogP contribution in [0.5, 0.6) is 0 Å². The van der Waals surface area contributed by atoms with Gasteiger partial charge in [-0.2, -0.15) is 0 Å². The number of carbonyl (C=O) groups excluding carboxylic acids is 1. The minimum Gasteiger partial charge on any atom is -0.337 e. The summed E-state index contributed by atoms with van der Waals surface area (Å²) in [5, 5.41) is 0. The Morgan fingerprint density at radius 2 is 1.62 bits per heavy atom. The number of rotatable bonds is 3. The molecule has 0 aliphatic carbocycles. The summed E-state index contributed by atoms with van der Waals surface area (Å²) in [6, 6.07) is 25.0. The van der Waals surface area contributed by atoms with E-state index in [4.69, 9.17) is 0 Å². The molecule has 0 saturated carbocycles. The number of hydrogen-bond acceptors (Lipinski definition) is 1. The van der Waals surface area contributed by atoms with Crippen molar-refractivity contribution in [1.29, 1.82) is 0 Å². The summed E-state index contributed by atoms with van der Waals surface area (Å²) in [6.07, 6.45) is 0.0936. The van der Waals surface area contributed by atoms with Gasteiger partial charge in [-0.3, -0.25) is 4.79 Å². The van der Waals surface area contributed by atoms with Gasteiger partial charge >= 0.3 is 0 Å². The van der Waals surface area contributed by atoms with Crippen LogP contribution in [-0.2, 0) is 17.8 Å². The van der Waals surface area contributed by atoms with E-state index in [9.17, 15) is 9.18 Å².